The molecule has 1 unspecified atom stereocenters. The zero-order valence-corrected chi connectivity index (χ0v) is 22.3. The average molecular weight is 506 g/mol. The van der Waals surface area contributed by atoms with E-state index in [1.54, 1.807) is 12.1 Å². The van der Waals surface area contributed by atoms with Crippen LogP contribution in [0.25, 0.3) is 0 Å². The second-order valence-corrected chi connectivity index (χ2v) is 10.5. The maximum absolute atomic E-state index is 12.3. The number of carbonyl (C=O) groups is 1. The smallest absolute Gasteiger partial charge is 0.348 e. The lowest BCUT2D eigenvalue weighted by atomic mass is 9.76. The molecule has 2 aromatic carbocycles. The van der Waals surface area contributed by atoms with E-state index in [0.29, 0.717) is 31.6 Å². The Balaban J connectivity index is 1.37. The number of aromatic nitrogens is 1. The van der Waals surface area contributed by atoms with Crippen molar-refractivity contribution >= 4 is 5.97 Å². The van der Waals surface area contributed by atoms with Crippen molar-refractivity contribution in [2.24, 2.45) is 0 Å². The highest BCUT2D eigenvalue weighted by Crippen LogP contribution is 2.39. The Morgan fingerprint density at radius 1 is 1.05 bits per heavy atom. The molecule has 0 aliphatic heterocycles. The van der Waals surface area contributed by atoms with E-state index in [-0.39, 0.29) is 11.8 Å². The fourth-order valence-corrected chi connectivity index (χ4v) is 5.28. The Bertz CT molecular complexity index is 1150. The lowest BCUT2D eigenvalue weighted by Crippen LogP contribution is -2.46. The molecule has 198 valence electrons. The lowest BCUT2D eigenvalue weighted by molar-refractivity contribution is -0.156. The van der Waals surface area contributed by atoms with Crippen molar-refractivity contribution in [3.63, 3.8) is 0 Å². The Morgan fingerprint density at radius 3 is 2.41 bits per heavy atom. The molecule has 1 atom stereocenters. The first-order valence-electron chi connectivity index (χ1n) is 13.5. The topological polar surface area (TPSA) is 81.8 Å². The molecule has 0 bridgehead atoms. The van der Waals surface area contributed by atoms with Crippen molar-refractivity contribution in [3.05, 3.63) is 77.5 Å². The summed E-state index contributed by atoms with van der Waals surface area (Å²) in [4.78, 5) is 17.2. The number of ether oxygens (including phenoxy) is 2. The minimum atomic E-state index is -1.32. The maximum atomic E-state index is 12.3. The van der Waals surface area contributed by atoms with Crippen molar-refractivity contribution < 1.29 is 23.8 Å². The lowest BCUT2D eigenvalue weighted by Gasteiger charge is -2.30. The highest BCUT2D eigenvalue weighted by atomic mass is 16.5. The van der Waals surface area contributed by atoms with Crippen LogP contribution in [-0.4, -0.2) is 28.3 Å². The highest BCUT2D eigenvalue weighted by molar-refractivity contribution is 5.78. The summed E-state index contributed by atoms with van der Waals surface area (Å²) >= 11 is 0. The summed E-state index contributed by atoms with van der Waals surface area (Å²) < 4.78 is 18.1. The Kier molecular flexibility index (Phi) is 8.57. The van der Waals surface area contributed by atoms with Gasteiger partial charge in [-0.25, -0.2) is 9.78 Å². The van der Waals surface area contributed by atoms with Gasteiger partial charge in [-0.3, -0.25) is 0 Å². The predicted molar refractivity (Wildman–Crippen MR) is 143 cm³/mol. The molecule has 1 aliphatic rings. The number of rotatable bonds is 12. The van der Waals surface area contributed by atoms with Gasteiger partial charge in [-0.15, -0.1) is 0 Å². The molecule has 37 heavy (non-hydrogen) atoms. The quantitative estimate of drug-likeness (QED) is 0.283. The molecule has 1 aromatic heterocycles. The zero-order valence-electron chi connectivity index (χ0n) is 22.3. The van der Waals surface area contributed by atoms with Gasteiger partial charge in [-0.05, 0) is 56.0 Å². The van der Waals surface area contributed by atoms with E-state index < -0.39 is 11.6 Å². The summed E-state index contributed by atoms with van der Waals surface area (Å²) in [6.45, 7) is 6.71. The molecule has 6 nitrogen and oxygen atoms in total. The molecule has 0 spiro atoms. The van der Waals surface area contributed by atoms with E-state index in [0.717, 1.165) is 41.5 Å². The molecule has 1 N–H and O–H groups in total. The molecule has 1 aliphatic carbocycles. The van der Waals surface area contributed by atoms with Gasteiger partial charge in [-0.2, -0.15) is 0 Å². The molecule has 0 amide bonds. The predicted octanol–water partition coefficient (Wildman–Crippen LogP) is 7.07. The first kappa shape index (κ1) is 26.8. The van der Waals surface area contributed by atoms with E-state index in [1.165, 1.54) is 19.3 Å². The summed E-state index contributed by atoms with van der Waals surface area (Å²) in [5.41, 5.74) is 0.569. The van der Waals surface area contributed by atoms with Gasteiger partial charge in [0.1, 0.15) is 17.3 Å². The molecular weight excluding hydrogens is 466 g/mol. The van der Waals surface area contributed by atoms with Crippen LogP contribution in [0.2, 0.25) is 0 Å². The van der Waals surface area contributed by atoms with Crippen LogP contribution in [0.15, 0.2) is 59.0 Å². The molecule has 1 heterocycles. The van der Waals surface area contributed by atoms with Gasteiger partial charge < -0.3 is 19.0 Å². The van der Waals surface area contributed by atoms with E-state index in [2.05, 4.69) is 6.92 Å². The number of hydrogen-bond acceptors (Lipinski definition) is 5. The third kappa shape index (κ3) is 6.54. The van der Waals surface area contributed by atoms with E-state index in [1.807, 2.05) is 56.3 Å². The van der Waals surface area contributed by atoms with Gasteiger partial charge in [0, 0.05) is 18.3 Å². The summed E-state index contributed by atoms with van der Waals surface area (Å²) in [7, 11) is 0. The standard InChI is InChI=1S/C31H39NO5/c1-4-18-31(29(33)34,37-26-11-7-5-8-12-26)22-24-13-15-25(16-14-24)35-21-17-27-23(2)36-28(32-27)30(3)19-9-6-10-20-30/h5,7-8,11-16H,4,6,9-10,17-22H2,1-3H3,(H,33,34). The average Bonchev–Trinajstić information content (AvgIpc) is 3.27. The normalized spacial score (nSPS) is 16.6. The third-order valence-electron chi connectivity index (χ3n) is 7.49. The van der Waals surface area contributed by atoms with Crippen molar-refractivity contribution in [1.82, 2.24) is 4.98 Å². The Morgan fingerprint density at radius 2 is 1.76 bits per heavy atom. The number of para-hydroxylation sites is 1. The van der Waals surface area contributed by atoms with Gasteiger partial charge in [0.15, 0.2) is 0 Å². The number of benzene rings is 2. The van der Waals surface area contributed by atoms with Crippen LogP contribution in [-0.2, 0) is 23.1 Å². The first-order chi connectivity index (χ1) is 17.8. The first-order valence-corrected chi connectivity index (χ1v) is 13.5. The van der Waals surface area contributed by atoms with Gasteiger partial charge in [0.05, 0.1) is 12.3 Å². The molecule has 4 rings (SSSR count). The monoisotopic (exact) mass is 505 g/mol. The zero-order chi connectivity index (χ0) is 26.3. The summed E-state index contributed by atoms with van der Waals surface area (Å²) in [6.07, 6.45) is 8.08. The molecule has 6 heteroatoms. The summed E-state index contributed by atoms with van der Waals surface area (Å²) in [5, 5.41) is 10.1. The molecule has 0 saturated heterocycles. The molecular formula is C31H39NO5. The number of hydrogen-bond donors (Lipinski definition) is 1. The van der Waals surface area contributed by atoms with Crippen molar-refractivity contribution in [1.29, 1.82) is 0 Å². The highest BCUT2D eigenvalue weighted by Gasteiger charge is 2.40. The van der Waals surface area contributed by atoms with E-state index in [9.17, 15) is 9.90 Å². The number of carboxylic acids is 1. The molecule has 3 aromatic rings. The Labute approximate surface area is 220 Å². The van der Waals surface area contributed by atoms with Gasteiger partial charge in [-0.1, -0.05) is 69.9 Å². The molecule has 0 radical (unpaired) electrons. The minimum absolute atomic E-state index is 0.0467. The number of nitrogens with zero attached hydrogens (tertiary/aromatic N) is 1. The fraction of sp³-hybridized carbons (Fsp3) is 0.484. The largest absolute Gasteiger partial charge is 0.493 e. The van der Waals surface area contributed by atoms with Crippen molar-refractivity contribution in [3.8, 4) is 11.5 Å². The molecule has 1 fully saturated rings. The number of aryl methyl sites for hydroxylation is 1. The second kappa shape index (κ2) is 11.8. The summed E-state index contributed by atoms with van der Waals surface area (Å²) in [6, 6.07) is 16.8. The van der Waals surface area contributed by atoms with Crippen LogP contribution >= 0.6 is 0 Å². The van der Waals surface area contributed by atoms with Crippen molar-refractivity contribution in [2.45, 2.75) is 89.6 Å². The summed E-state index contributed by atoms with van der Waals surface area (Å²) in [5.74, 6) is 2.09. The van der Waals surface area contributed by atoms with Crippen LogP contribution in [0.1, 0.15) is 81.7 Å². The SMILES string of the molecule is CCCC(Cc1ccc(OCCc2nc(C3(C)CCCCC3)oc2C)cc1)(Oc1ccccc1)C(=O)O. The van der Waals surface area contributed by atoms with E-state index >= 15 is 0 Å². The van der Waals surface area contributed by atoms with Gasteiger partial charge in [0.25, 0.3) is 0 Å². The van der Waals surface area contributed by atoms with Crippen LogP contribution < -0.4 is 9.47 Å². The number of aliphatic carboxylic acids is 1. The Hall–Kier alpha value is -3.28. The van der Waals surface area contributed by atoms with Gasteiger partial charge >= 0.3 is 5.97 Å². The third-order valence-corrected chi connectivity index (χ3v) is 7.49. The number of oxazole rings is 1. The second-order valence-electron chi connectivity index (χ2n) is 10.5. The number of carboxylic acid groups (broad SMARTS) is 1. The van der Waals surface area contributed by atoms with E-state index in [4.69, 9.17) is 18.9 Å². The molecule has 1 saturated carbocycles. The van der Waals surface area contributed by atoms with Crippen LogP contribution in [0.3, 0.4) is 0 Å². The van der Waals surface area contributed by atoms with Gasteiger partial charge in [0.2, 0.25) is 11.5 Å². The fourth-order valence-electron chi connectivity index (χ4n) is 5.28. The van der Waals surface area contributed by atoms with Crippen LogP contribution in [0, 0.1) is 6.92 Å². The van der Waals surface area contributed by atoms with Crippen LogP contribution in [0.4, 0.5) is 0 Å². The van der Waals surface area contributed by atoms with Crippen molar-refractivity contribution in [2.75, 3.05) is 6.61 Å². The minimum Gasteiger partial charge on any atom is -0.493 e. The van der Waals surface area contributed by atoms with Crippen LogP contribution in [0.5, 0.6) is 11.5 Å². The maximum Gasteiger partial charge on any atom is 0.348 e.